The molecule has 0 amide bonds. The Bertz CT molecular complexity index is 543. The Morgan fingerprint density at radius 3 is 2.75 bits per heavy atom. The fourth-order valence-corrected chi connectivity index (χ4v) is 2.15. The second-order valence-corrected chi connectivity index (χ2v) is 4.69. The highest BCUT2D eigenvalue weighted by atomic mass is 19.1. The molecule has 4 heteroatoms. The average molecular weight is 273 g/mol. The van der Waals surface area contributed by atoms with E-state index in [0.717, 1.165) is 17.9 Å². The topological polar surface area (TPSA) is 28.2 Å². The van der Waals surface area contributed by atoms with Gasteiger partial charge in [-0.05, 0) is 30.8 Å². The molecule has 0 aliphatic heterocycles. The molecule has 2 aromatic rings. The summed E-state index contributed by atoms with van der Waals surface area (Å²) in [6.45, 7) is 4.02. The van der Waals surface area contributed by atoms with Crippen LogP contribution in [0.5, 0.6) is 0 Å². The zero-order valence-electron chi connectivity index (χ0n) is 11.9. The van der Waals surface area contributed by atoms with Gasteiger partial charge in [-0.2, -0.15) is 0 Å². The molecule has 0 atom stereocenters. The lowest BCUT2D eigenvalue weighted by Crippen LogP contribution is -2.22. The molecule has 3 nitrogen and oxygen atoms in total. The van der Waals surface area contributed by atoms with Gasteiger partial charge in [0.05, 0.1) is 12.2 Å². The minimum atomic E-state index is -0.170. The van der Waals surface area contributed by atoms with Crippen LogP contribution in [0.1, 0.15) is 18.2 Å². The molecule has 1 N–H and O–H groups in total. The van der Waals surface area contributed by atoms with Crippen LogP contribution >= 0.6 is 0 Å². The second kappa shape index (κ2) is 7.01. The SMILES string of the molecule is CCNCc1c(F)cccc1N(C)Cc1ccccn1. The predicted molar refractivity (Wildman–Crippen MR) is 80.1 cm³/mol. The number of anilines is 1. The molecule has 20 heavy (non-hydrogen) atoms. The highest BCUT2D eigenvalue weighted by Gasteiger charge is 2.12. The van der Waals surface area contributed by atoms with Gasteiger partial charge in [0.15, 0.2) is 0 Å². The summed E-state index contributed by atoms with van der Waals surface area (Å²) in [5.74, 6) is -0.170. The standard InChI is InChI=1S/C16H20FN3/c1-3-18-11-14-15(17)8-6-9-16(14)20(2)12-13-7-4-5-10-19-13/h4-10,18H,3,11-12H2,1-2H3. The summed E-state index contributed by atoms with van der Waals surface area (Å²) in [4.78, 5) is 6.33. The number of nitrogens with one attached hydrogen (secondary N) is 1. The summed E-state index contributed by atoms with van der Waals surface area (Å²) < 4.78 is 14.0. The van der Waals surface area contributed by atoms with E-state index in [1.165, 1.54) is 6.07 Å². The third kappa shape index (κ3) is 3.54. The molecule has 1 aromatic heterocycles. The van der Waals surface area contributed by atoms with Gasteiger partial charge in [-0.25, -0.2) is 4.39 Å². The third-order valence-corrected chi connectivity index (χ3v) is 3.18. The molecule has 0 saturated heterocycles. The Kier molecular flexibility index (Phi) is 5.07. The van der Waals surface area contributed by atoms with Crippen LogP contribution in [0.15, 0.2) is 42.6 Å². The van der Waals surface area contributed by atoms with Crippen LogP contribution in [0.4, 0.5) is 10.1 Å². The molecule has 0 saturated carbocycles. The van der Waals surface area contributed by atoms with Gasteiger partial charge in [-0.3, -0.25) is 4.98 Å². The molecule has 0 spiro atoms. The minimum Gasteiger partial charge on any atom is -0.368 e. The van der Waals surface area contributed by atoms with Crippen molar-refractivity contribution in [3.05, 3.63) is 59.7 Å². The van der Waals surface area contributed by atoms with Crippen LogP contribution in [0.2, 0.25) is 0 Å². The number of hydrogen-bond acceptors (Lipinski definition) is 3. The first-order valence-corrected chi connectivity index (χ1v) is 6.81. The van der Waals surface area contributed by atoms with E-state index in [2.05, 4.69) is 10.3 Å². The Balaban J connectivity index is 2.20. The smallest absolute Gasteiger partial charge is 0.129 e. The van der Waals surface area contributed by atoms with Crippen LogP contribution in [0, 0.1) is 5.82 Å². The molecular weight excluding hydrogens is 253 g/mol. The van der Waals surface area contributed by atoms with Gasteiger partial charge in [0.1, 0.15) is 5.82 Å². The molecule has 0 radical (unpaired) electrons. The zero-order valence-corrected chi connectivity index (χ0v) is 11.9. The highest BCUT2D eigenvalue weighted by molar-refractivity contribution is 5.53. The maximum absolute atomic E-state index is 14.0. The van der Waals surface area contributed by atoms with Gasteiger partial charge in [-0.1, -0.05) is 19.1 Å². The highest BCUT2D eigenvalue weighted by Crippen LogP contribution is 2.23. The summed E-state index contributed by atoms with van der Waals surface area (Å²) in [6, 6.07) is 11.0. The van der Waals surface area contributed by atoms with Gasteiger partial charge >= 0.3 is 0 Å². The first kappa shape index (κ1) is 14.5. The van der Waals surface area contributed by atoms with Crippen molar-refractivity contribution in [2.45, 2.75) is 20.0 Å². The molecule has 0 unspecified atom stereocenters. The van der Waals surface area contributed by atoms with E-state index in [9.17, 15) is 4.39 Å². The van der Waals surface area contributed by atoms with Crippen molar-refractivity contribution in [2.24, 2.45) is 0 Å². The van der Waals surface area contributed by atoms with E-state index in [4.69, 9.17) is 0 Å². The number of aromatic nitrogens is 1. The third-order valence-electron chi connectivity index (χ3n) is 3.18. The first-order chi connectivity index (χ1) is 9.72. The molecule has 0 aliphatic rings. The molecule has 1 aromatic carbocycles. The van der Waals surface area contributed by atoms with E-state index in [0.29, 0.717) is 18.7 Å². The van der Waals surface area contributed by atoms with Gasteiger partial charge in [0.2, 0.25) is 0 Å². The van der Waals surface area contributed by atoms with Gasteiger partial charge in [-0.15, -0.1) is 0 Å². The first-order valence-electron chi connectivity index (χ1n) is 6.81. The summed E-state index contributed by atoms with van der Waals surface area (Å²) >= 11 is 0. The number of halogens is 1. The van der Waals surface area contributed by atoms with Crippen LogP contribution in [0.3, 0.4) is 0 Å². The van der Waals surface area contributed by atoms with Crippen molar-refractivity contribution in [1.29, 1.82) is 0 Å². The number of benzene rings is 1. The van der Waals surface area contributed by atoms with Crippen molar-refractivity contribution < 1.29 is 4.39 Å². The van der Waals surface area contributed by atoms with Crippen LogP contribution in [-0.2, 0) is 13.1 Å². The van der Waals surface area contributed by atoms with Gasteiger partial charge in [0.25, 0.3) is 0 Å². The molecule has 2 rings (SSSR count). The van der Waals surface area contributed by atoms with Crippen LogP contribution in [-0.4, -0.2) is 18.6 Å². The van der Waals surface area contributed by atoms with Crippen LogP contribution in [0.25, 0.3) is 0 Å². The minimum absolute atomic E-state index is 0.170. The lowest BCUT2D eigenvalue weighted by Gasteiger charge is -2.22. The van der Waals surface area contributed by atoms with Gasteiger partial charge in [0, 0.05) is 31.0 Å². The Morgan fingerprint density at radius 2 is 2.05 bits per heavy atom. The van der Waals surface area contributed by atoms with Crippen molar-refractivity contribution >= 4 is 5.69 Å². The normalized spacial score (nSPS) is 10.6. The second-order valence-electron chi connectivity index (χ2n) is 4.69. The van der Waals surface area contributed by atoms with E-state index in [-0.39, 0.29) is 5.82 Å². The number of hydrogen-bond donors (Lipinski definition) is 1. The molecule has 0 fully saturated rings. The average Bonchev–Trinajstić information content (AvgIpc) is 2.47. The Labute approximate surface area is 119 Å². The van der Waals surface area contributed by atoms with Crippen molar-refractivity contribution in [3.8, 4) is 0 Å². The predicted octanol–water partition coefficient (Wildman–Crippen LogP) is 2.97. The summed E-state index contributed by atoms with van der Waals surface area (Å²) in [5, 5.41) is 3.18. The molecule has 1 heterocycles. The largest absolute Gasteiger partial charge is 0.368 e. The number of nitrogens with zero attached hydrogens (tertiary/aromatic N) is 2. The summed E-state index contributed by atoms with van der Waals surface area (Å²) in [5.41, 5.74) is 2.57. The molecule has 0 bridgehead atoms. The molecular formula is C16H20FN3. The van der Waals surface area contributed by atoms with Crippen molar-refractivity contribution in [3.63, 3.8) is 0 Å². The molecule has 0 aliphatic carbocycles. The maximum atomic E-state index is 14.0. The lowest BCUT2D eigenvalue weighted by molar-refractivity contribution is 0.592. The zero-order chi connectivity index (χ0) is 14.4. The maximum Gasteiger partial charge on any atom is 0.129 e. The summed E-state index contributed by atoms with van der Waals surface area (Å²) in [6.07, 6.45) is 1.77. The Hall–Kier alpha value is -1.94. The fraction of sp³-hybridized carbons (Fsp3) is 0.312. The fourth-order valence-electron chi connectivity index (χ4n) is 2.15. The van der Waals surface area contributed by atoms with Gasteiger partial charge < -0.3 is 10.2 Å². The molecule has 106 valence electrons. The summed E-state index contributed by atoms with van der Waals surface area (Å²) in [7, 11) is 1.96. The quantitative estimate of drug-likeness (QED) is 0.877. The van der Waals surface area contributed by atoms with E-state index in [1.807, 2.05) is 43.1 Å². The number of pyridine rings is 1. The number of rotatable bonds is 6. The van der Waals surface area contributed by atoms with Crippen LogP contribution < -0.4 is 10.2 Å². The van der Waals surface area contributed by atoms with E-state index < -0.39 is 0 Å². The van der Waals surface area contributed by atoms with Crippen molar-refractivity contribution in [1.82, 2.24) is 10.3 Å². The van der Waals surface area contributed by atoms with E-state index in [1.54, 1.807) is 12.3 Å². The monoisotopic (exact) mass is 273 g/mol. The lowest BCUT2D eigenvalue weighted by atomic mass is 10.1. The van der Waals surface area contributed by atoms with Crippen molar-refractivity contribution in [2.75, 3.05) is 18.5 Å². The Morgan fingerprint density at radius 1 is 1.20 bits per heavy atom. The van der Waals surface area contributed by atoms with E-state index >= 15 is 0 Å².